The van der Waals surface area contributed by atoms with Gasteiger partial charge < -0.3 is 10.1 Å². The van der Waals surface area contributed by atoms with Crippen molar-refractivity contribution >= 4 is 21.6 Å². The number of benzene rings is 2. The van der Waals surface area contributed by atoms with Gasteiger partial charge in [0.15, 0.2) is 5.82 Å². The molecule has 29 heavy (non-hydrogen) atoms. The third-order valence-corrected chi connectivity index (χ3v) is 5.25. The number of amides is 1. The van der Waals surface area contributed by atoms with Crippen LogP contribution in [0.5, 0.6) is 5.75 Å². The zero-order valence-electron chi connectivity index (χ0n) is 15.9. The van der Waals surface area contributed by atoms with Crippen LogP contribution >= 0.6 is 0 Å². The summed E-state index contributed by atoms with van der Waals surface area (Å²) in [5.74, 6) is 0.807. The topological polar surface area (TPSA) is 128 Å². The van der Waals surface area contributed by atoms with E-state index in [1.165, 1.54) is 35.9 Å². The maximum atomic E-state index is 12.5. The molecule has 1 aromatic heterocycles. The van der Waals surface area contributed by atoms with Crippen LogP contribution in [0.4, 0.5) is 5.69 Å². The Labute approximate surface area is 167 Å². The first-order chi connectivity index (χ1) is 13.9. The van der Waals surface area contributed by atoms with Crippen molar-refractivity contribution in [3.05, 3.63) is 54.4 Å². The summed E-state index contributed by atoms with van der Waals surface area (Å²) in [5.41, 5.74) is 1.18. The number of anilines is 1. The van der Waals surface area contributed by atoms with E-state index in [0.717, 1.165) is 0 Å². The minimum atomic E-state index is -3.79. The maximum absolute atomic E-state index is 12.5. The van der Waals surface area contributed by atoms with Crippen molar-refractivity contribution in [2.24, 2.45) is 0 Å². The van der Waals surface area contributed by atoms with Crippen molar-refractivity contribution in [2.75, 3.05) is 11.9 Å². The summed E-state index contributed by atoms with van der Waals surface area (Å²) >= 11 is 0. The van der Waals surface area contributed by atoms with Crippen LogP contribution in [-0.4, -0.2) is 41.1 Å². The molecule has 0 aliphatic heterocycles. The Morgan fingerprint density at radius 1 is 1.10 bits per heavy atom. The number of rotatable bonds is 8. The van der Waals surface area contributed by atoms with Crippen molar-refractivity contribution < 1.29 is 17.9 Å². The van der Waals surface area contributed by atoms with Gasteiger partial charge in [-0.2, -0.15) is 4.68 Å². The lowest BCUT2D eigenvalue weighted by Crippen LogP contribution is -2.25. The average Bonchev–Trinajstić information content (AvgIpc) is 3.16. The molecule has 0 aliphatic rings. The maximum Gasteiger partial charge on any atom is 0.240 e. The molecule has 0 saturated carbocycles. The fourth-order valence-corrected chi connectivity index (χ4v) is 3.51. The van der Waals surface area contributed by atoms with E-state index in [0.29, 0.717) is 29.6 Å². The van der Waals surface area contributed by atoms with Gasteiger partial charge in [-0.15, -0.1) is 5.10 Å². The van der Waals surface area contributed by atoms with Crippen LogP contribution in [0.25, 0.3) is 5.69 Å². The van der Waals surface area contributed by atoms with E-state index in [9.17, 15) is 13.2 Å². The molecule has 3 rings (SSSR count). The van der Waals surface area contributed by atoms with Crippen LogP contribution < -0.4 is 14.8 Å². The van der Waals surface area contributed by atoms with Gasteiger partial charge in [0, 0.05) is 12.6 Å². The van der Waals surface area contributed by atoms with Crippen LogP contribution in [0.2, 0.25) is 0 Å². The van der Waals surface area contributed by atoms with E-state index in [-0.39, 0.29) is 17.3 Å². The Hall–Kier alpha value is -3.31. The Morgan fingerprint density at radius 3 is 2.41 bits per heavy atom. The third-order valence-electron chi connectivity index (χ3n) is 3.83. The number of aromatic nitrogens is 4. The summed E-state index contributed by atoms with van der Waals surface area (Å²) in [4.78, 5) is 11.1. The van der Waals surface area contributed by atoms with Gasteiger partial charge in [0.1, 0.15) is 5.75 Å². The van der Waals surface area contributed by atoms with Gasteiger partial charge in [-0.1, -0.05) is 0 Å². The first-order valence-corrected chi connectivity index (χ1v) is 10.2. The van der Waals surface area contributed by atoms with Crippen LogP contribution in [0.3, 0.4) is 0 Å². The molecule has 11 heteroatoms. The van der Waals surface area contributed by atoms with E-state index >= 15 is 0 Å². The summed E-state index contributed by atoms with van der Waals surface area (Å²) < 4.78 is 34.4. The zero-order chi connectivity index (χ0) is 20.9. The van der Waals surface area contributed by atoms with E-state index in [1.54, 1.807) is 24.3 Å². The molecular weight excluding hydrogens is 396 g/mol. The fourth-order valence-electron chi connectivity index (χ4n) is 2.53. The number of ether oxygens (including phenoxy) is 1. The van der Waals surface area contributed by atoms with Gasteiger partial charge in [-0.25, -0.2) is 13.1 Å². The third kappa shape index (κ3) is 5.15. The number of hydrogen-bond acceptors (Lipinski definition) is 7. The van der Waals surface area contributed by atoms with E-state index in [4.69, 9.17) is 4.74 Å². The summed E-state index contributed by atoms with van der Waals surface area (Å²) in [5, 5.41) is 14.0. The molecule has 1 amide bonds. The van der Waals surface area contributed by atoms with Crippen molar-refractivity contribution in [3.8, 4) is 11.4 Å². The number of carbonyl (C=O) groups is 1. The minimum absolute atomic E-state index is 0.0618. The van der Waals surface area contributed by atoms with E-state index in [2.05, 4.69) is 25.6 Å². The Morgan fingerprint density at radius 2 is 1.79 bits per heavy atom. The van der Waals surface area contributed by atoms with Crippen LogP contribution in [0.1, 0.15) is 19.7 Å². The highest BCUT2D eigenvalue weighted by atomic mass is 32.2. The number of nitrogens with one attached hydrogen (secondary N) is 2. The lowest BCUT2D eigenvalue weighted by atomic mass is 10.3. The predicted octanol–water partition coefficient (Wildman–Crippen LogP) is 1.50. The van der Waals surface area contributed by atoms with Crippen molar-refractivity contribution in [3.63, 3.8) is 0 Å². The lowest BCUT2D eigenvalue weighted by molar-refractivity contribution is -0.114. The molecule has 0 fully saturated rings. The van der Waals surface area contributed by atoms with Gasteiger partial charge in [0.25, 0.3) is 0 Å². The molecule has 2 N–H and O–H groups in total. The monoisotopic (exact) mass is 416 g/mol. The SMILES string of the molecule is CCOc1ccc(-n2nnnc2CNS(=O)(=O)c2ccc(NC(C)=O)cc2)cc1. The van der Waals surface area contributed by atoms with Gasteiger partial charge in [0.05, 0.1) is 23.7 Å². The van der Waals surface area contributed by atoms with Gasteiger partial charge in [-0.3, -0.25) is 4.79 Å². The van der Waals surface area contributed by atoms with Crippen molar-refractivity contribution in [2.45, 2.75) is 25.3 Å². The summed E-state index contributed by atoms with van der Waals surface area (Å²) in [6.45, 7) is 3.73. The number of hydrogen-bond donors (Lipinski definition) is 2. The Bertz CT molecular complexity index is 1080. The number of tetrazole rings is 1. The molecule has 1 heterocycles. The van der Waals surface area contributed by atoms with Gasteiger partial charge >= 0.3 is 0 Å². The molecule has 0 unspecified atom stereocenters. The largest absolute Gasteiger partial charge is 0.494 e. The summed E-state index contributed by atoms with van der Waals surface area (Å²) in [6, 6.07) is 13.0. The number of sulfonamides is 1. The van der Waals surface area contributed by atoms with Crippen LogP contribution in [-0.2, 0) is 21.4 Å². The fraction of sp³-hybridized carbons (Fsp3) is 0.222. The molecular formula is C18H20N6O4S. The smallest absolute Gasteiger partial charge is 0.240 e. The quantitative estimate of drug-likeness (QED) is 0.569. The second kappa shape index (κ2) is 8.80. The van der Waals surface area contributed by atoms with Gasteiger partial charge in [0.2, 0.25) is 15.9 Å². The van der Waals surface area contributed by atoms with Gasteiger partial charge in [-0.05, 0) is 65.9 Å². The molecule has 2 aromatic carbocycles. The van der Waals surface area contributed by atoms with E-state index in [1.807, 2.05) is 6.92 Å². The second-order valence-corrected chi connectivity index (χ2v) is 7.73. The molecule has 0 aliphatic carbocycles. The number of carbonyl (C=O) groups excluding carboxylic acids is 1. The molecule has 3 aromatic rings. The Kier molecular flexibility index (Phi) is 6.20. The van der Waals surface area contributed by atoms with Crippen molar-refractivity contribution in [1.82, 2.24) is 24.9 Å². The highest BCUT2D eigenvalue weighted by Gasteiger charge is 2.17. The highest BCUT2D eigenvalue weighted by molar-refractivity contribution is 7.89. The van der Waals surface area contributed by atoms with Crippen molar-refractivity contribution in [1.29, 1.82) is 0 Å². The highest BCUT2D eigenvalue weighted by Crippen LogP contribution is 2.17. The molecule has 0 bridgehead atoms. The molecule has 152 valence electrons. The standard InChI is InChI=1S/C18H20N6O4S/c1-3-28-16-8-6-15(7-9-16)24-18(21-22-23-24)12-19-29(26,27)17-10-4-14(5-11-17)20-13(2)25/h4-11,19H,3,12H2,1-2H3,(H,20,25). The van der Waals surface area contributed by atoms with Crippen LogP contribution in [0.15, 0.2) is 53.4 Å². The predicted molar refractivity (Wildman–Crippen MR) is 105 cm³/mol. The van der Waals surface area contributed by atoms with Crippen LogP contribution in [0, 0.1) is 0 Å². The molecule has 0 atom stereocenters. The lowest BCUT2D eigenvalue weighted by Gasteiger charge is -2.09. The Balaban J connectivity index is 1.71. The number of nitrogens with zero attached hydrogens (tertiary/aromatic N) is 4. The average molecular weight is 416 g/mol. The summed E-state index contributed by atoms with van der Waals surface area (Å²) in [6.07, 6.45) is 0. The molecule has 0 radical (unpaired) electrons. The normalized spacial score (nSPS) is 11.2. The second-order valence-electron chi connectivity index (χ2n) is 5.96. The first kappa shape index (κ1) is 20.4. The molecule has 0 saturated heterocycles. The molecule has 0 spiro atoms. The first-order valence-electron chi connectivity index (χ1n) is 8.77. The molecule has 10 nitrogen and oxygen atoms in total. The summed E-state index contributed by atoms with van der Waals surface area (Å²) in [7, 11) is -3.79. The minimum Gasteiger partial charge on any atom is -0.494 e. The zero-order valence-corrected chi connectivity index (χ0v) is 16.7. The van der Waals surface area contributed by atoms with E-state index < -0.39 is 10.0 Å².